The molecule has 1 aliphatic rings. The minimum absolute atomic E-state index is 0.183. The van der Waals surface area contributed by atoms with Gasteiger partial charge in [-0.2, -0.15) is 0 Å². The Morgan fingerprint density at radius 3 is 2.80 bits per heavy atom. The normalized spacial score (nSPS) is 24.3. The lowest BCUT2D eigenvalue weighted by molar-refractivity contribution is 0.0631. The molecule has 2 nitrogen and oxygen atoms in total. The summed E-state index contributed by atoms with van der Waals surface area (Å²) < 4.78 is 14.2. The van der Waals surface area contributed by atoms with Gasteiger partial charge < -0.3 is 5.32 Å². The molecule has 112 valence electrons. The smallest absolute Gasteiger partial charge is 0.124 e. The van der Waals surface area contributed by atoms with Crippen LogP contribution >= 0.6 is 15.9 Å². The van der Waals surface area contributed by atoms with Crippen molar-refractivity contribution in [1.29, 1.82) is 0 Å². The van der Waals surface area contributed by atoms with E-state index in [2.05, 4.69) is 40.0 Å². The Morgan fingerprint density at radius 1 is 1.45 bits per heavy atom. The molecule has 4 heteroatoms. The van der Waals surface area contributed by atoms with E-state index < -0.39 is 0 Å². The third-order valence-electron chi connectivity index (χ3n) is 4.21. The van der Waals surface area contributed by atoms with Crippen LogP contribution in [0.25, 0.3) is 0 Å². The van der Waals surface area contributed by atoms with Crippen molar-refractivity contribution in [3.63, 3.8) is 0 Å². The van der Waals surface area contributed by atoms with Gasteiger partial charge >= 0.3 is 0 Å². The zero-order valence-corrected chi connectivity index (χ0v) is 14.1. The highest BCUT2D eigenvalue weighted by Gasteiger charge is 2.34. The minimum Gasteiger partial charge on any atom is -0.319 e. The first kappa shape index (κ1) is 15.9. The maximum Gasteiger partial charge on any atom is 0.124 e. The molecule has 1 fully saturated rings. The van der Waals surface area contributed by atoms with Gasteiger partial charge in [0.15, 0.2) is 0 Å². The van der Waals surface area contributed by atoms with Crippen LogP contribution in [-0.2, 0) is 0 Å². The Morgan fingerprint density at radius 2 is 2.20 bits per heavy atom. The van der Waals surface area contributed by atoms with Gasteiger partial charge in [0.2, 0.25) is 0 Å². The van der Waals surface area contributed by atoms with Crippen molar-refractivity contribution >= 4 is 15.9 Å². The molecule has 2 unspecified atom stereocenters. The number of hydrogen-bond donors (Lipinski definition) is 1. The van der Waals surface area contributed by atoms with Gasteiger partial charge in [0, 0.05) is 16.6 Å². The maximum absolute atomic E-state index is 13.4. The van der Waals surface area contributed by atoms with Crippen molar-refractivity contribution in [2.75, 3.05) is 20.1 Å². The van der Waals surface area contributed by atoms with Crippen LogP contribution in [0.1, 0.15) is 38.3 Å². The number of halogens is 2. The van der Waals surface area contributed by atoms with Crippen LogP contribution in [-0.4, -0.2) is 31.1 Å². The van der Waals surface area contributed by atoms with Crippen molar-refractivity contribution in [2.24, 2.45) is 5.92 Å². The first-order valence-corrected chi connectivity index (χ1v) is 8.19. The number of nitrogens with zero attached hydrogens (tertiary/aromatic N) is 1. The highest BCUT2D eigenvalue weighted by atomic mass is 79.9. The van der Waals surface area contributed by atoms with Crippen LogP contribution in [0.15, 0.2) is 22.7 Å². The maximum atomic E-state index is 13.4. The summed E-state index contributed by atoms with van der Waals surface area (Å²) >= 11 is 3.55. The summed E-state index contributed by atoms with van der Waals surface area (Å²) in [6.07, 6.45) is 2.46. The predicted octanol–water partition coefficient (Wildman–Crippen LogP) is 3.97. The average molecular weight is 343 g/mol. The summed E-state index contributed by atoms with van der Waals surface area (Å²) in [5, 5.41) is 3.31. The molecule has 1 saturated heterocycles. The van der Waals surface area contributed by atoms with Crippen molar-refractivity contribution in [3.8, 4) is 0 Å². The SMILES string of the molecule is CNCC1CCCN(C(C)C)C1c1ccc(F)cc1Br. The largest absolute Gasteiger partial charge is 0.319 e. The highest BCUT2D eigenvalue weighted by molar-refractivity contribution is 9.10. The molecule has 0 amide bonds. The summed E-state index contributed by atoms with van der Waals surface area (Å²) in [6, 6.07) is 5.94. The molecule has 0 aliphatic carbocycles. The van der Waals surface area contributed by atoms with Crippen molar-refractivity contribution < 1.29 is 4.39 Å². The molecule has 1 N–H and O–H groups in total. The molecule has 1 heterocycles. The summed E-state index contributed by atoms with van der Waals surface area (Å²) in [6.45, 7) is 6.60. The van der Waals surface area contributed by atoms with E-state index >= 15 is 0 Å². The van der Waals surface area contributed by atoms with Crippen LogP contribution < -0.4 is 5.32 Å². The lowest BCUT2D eigenvalue weighted by Crippen LogP contribution is -2.45. The molecular formula is C16H24BrFN2. The van der Waals surface area contributed by atoms with Gasteiger partial charge in [-0.3, -0.25) is 4.90 Å². The Kier molecular flexibility index (Phi) is 5.58. The zero-order chi connectivity index (χ0) is 14.7. The predicted molar refractivity (Wildman–Crippen MR) is 85.3 cm³/mol. The third kappa shape index (κ3) is 3.41. The Bertz CT molecular complexity index is 448. The van der Waals surface area contributed by atoms with E-state index in [0.29, 0.717) is 18.0 Å². The van der Waals surface area contributed by atoms with Crippen LogP contribution in [0.4, 0.5) is 4.39 Å². The van der Waals surface area contributed by atoms with Crippen LogP contribution in [0.2, 0.25) is 0 Å². The second-order valence-electron chi connectivity index (χ2n) is 5.90. The number of piperidine rings is 1. The average Bonchev–Trinajstić information content (AvgIpc) is 2.39. The molecule has 0 saturated carbocycles. The van der Waals surface area contributed by atoms with Crippen LogP contribution in [0, 0.1) is 11.7 Å². The van der Waals surface area contributed by atoms with E-state index in [0.717, 1.165) is 17.6 Å². The number of nitrogens with one attached hydrogen (secondary N) is 1. The van der Waals surface area contributed by atoms with Gasteiger partial charge in [0.1, 0.15) is 5.82 Å². The van der Waals surface area contributed by atoms with Crippen LogP contribution in [0.5, 0.6) is 0 Å². The van der Waals surface area contributed by atoms with Crippen molar-refractivity contribution in [3.05, 3.63) is 34.1 Å². The van der Waals surface area contributed by atoms with E-state index in [4.69, 9.17) is 0 Å². The van der Waals surface area contributed by atoms with Gasteiger partial charge in [0.05, 0.1) is 0 Å². The Labute approximate surface area is 129 Å². The van der Waals surface area contributed by atoms with Gasteiger partial charge in [-0.05, 0) is 70.4 Å². The number of hydrogen-bond acceptors (Lipinski definition) is 2. The summed E-state index contributed by atoms with van der Waals surface area (Å²) in [5.74, 6) is 0.385. The molecule has 2 rings (SSSR count). The number of rotatable bonds is 4. The van der Waals surface area contributed by atoms with Crippen LogP contribution in [0.3, 0.4) is 0 Å². The molecule has 2 atom stereocenters. The topological polar surface area (TPSA) is 15.3 Å². The molecule has 1 aromatic rings. The monoisotopic (exact) mass is 342 g/mol. The lowest BCUT2D eigenvalue weighted by Gasteiger charge is -2.44. The standard InChI is InChI=1S/C16H24BrFN2/c1-11(2)20-8-4-5-12(10-19-3)16(20)14-7-6-13(18)9-15(14)17/h6-7,9,11-12,16,19H,4-5,8,10H2,1-3H3. The second-order valence-corrected chi connectivity index (χ2v) is 6.76. The van der Waals surface area contributed by atoms with Crippen molar-refractivity contribution in [2.45, 2.75) is 38.8 Å². The molecule has 1 aromatic carbocycles. The van der Waals surface area contributed by atoms with E-state index in [1.165, 1.54) is 18.4 Å². The molecule has 0 spiro atoms. The van der Waals surface area contributed by atoms with Gasteiger partial charge in [-0.15, -0.1) is 0 Å². The van der Waals surface area contributed by atoms with E-state index in [-0.39, 0.29) is 5.82 Å². The van der Waals surface area contributed by atoms with Gasteiger partial charge in [-0.25, -0.2) is 4.39 Å². The molecule has 0 radical (unpaired) electrons. The fourth-order valence-corrected chi connectivity index (χ4v) is 3.92. The fourth-order valence-electron chi connectivity index (χ4n) is 3.33. The summed E-state index contributed by atoms with van der Waals surface area (Å²) in [5.41, 5.74) is 1.21. The molecule has 0 aromatic heterocycles. The first-order chi connectivity index (χ1) is 9.54. The fraction of sp³-hybridized carbons (Fsp3) is 0.625. The molecule has 1 aliphatic heterocycles. The molecular weight excluding hydrogens is 319 g/mol. The van der Waals surface area contributed by atoms with Gasteiger partial charge in [-0.1, -0.05) is 22.0 Å². The van der Waals surface area contributed by atoms with E-state index in [9.17, 15) is 4.39 Å². The minimum atomic E-state index is -0.183. The number of benzene rings is 1. The Hall–Kier alpha value is -0.450. The third-order valence-corrected chi connectivity index (χ3v) is 4.89. The zero-order valence-electron chi connectivity index (χ0n) is 12.5. The quantitative estimate of drug-likeness (QED) is 0.890. The second kappa shape index (κ2) is 7.01. The number of likely N-dealkylation sites (tertiary alicyclic amines) is 1. The van der Waals surface area contributed by atoms with E-state index in [1.807, 2.05) is 13.1 Å². The molecule has 20 heavy (non-hydrogen) atoms. The summed E-state index contributed by atoms with van der Waals surface area (Å²) in [7, 11) is 2.01. The Balaban J connectivity index is 2.37. The first-order valence-electron chi connectivity index (χ1n) is 7.40. The van der Waals surface area contributed by atoms with Gasteiger partial charge in [0.25, 0.3) is 0 Å². The lowest BCUT2D eigenvalue weighted by atomic mass is 9.83. The van der Waals surface area contributed by atoms with E-state index in [1.54, 1.807) is 12.1 Å². The van der Waals surface area contributed by atoms with Crippen molar-refractivity contribution in [1.82, 2.24) is 10.2 Å². The molecule has 0 bridgehead atoms. The summed E-state index contributed by atoms with van der Waals surface area (Å²) in [4.78, 5) is 2.55. The highest BCUT2D eigenvalue weighted by Crippen LogP contribution is 2.40.